The van der Waals surface area contributed by atoms with Crippen molar-refractivity contribution in [2.45, 2.75) is 73.7 Å². The fourth-order valence-corrected chi connectivity index (χ4v) is 12.1. The van der Waals surface area contributed by atoms with Crippen LogP contribution in [0.25, 0.3) is 5.57 Å². The fourth-order valence-electron chi connectivity index (χ4n) is 9.96. The third kappa shape index (κ3) is 13.6. The highest BCUT2D eigenvalue weighted by atomic mass is 35.5. The molecule has 8 rings (SSSR count). The zero-order chi connectivity index (χ0) is 47.0. The van der Waals surface area contributed by atoms with Gasteiger partial charge < -0.3 is 25.3 Å². The van der Waals surface area contributed by atoms with Crippen LogP contribution in [0, 0.1) is 15.5 Å². The van der Waals surface area contributed by atoms with Crippen molar-refractivity contribution in [3.63, 3.8) is 0 Å². The van der Waals surface area contributed by atoms with Crippen molar-refractivity contribution in [2.24, 2.45) is 5.41 Å². The Kier molecular flexibility index (Phi) is 17.9. The van der Waals surface area contributed by atoms with Gasteiger partial charge >= 0.3 is 0 Å². The first-order valence-corrected chi connectivity index (χ1v) is 26.6. The van der Waals surface area contributed by atoms with Crippen LogP contribution in [0.5, 0.6) is 0 Å². The van der Waals surface area contributed by atoms with Gasteiger partial charge in [-0.05, 0) is 123 Å². The smallest absolute Gasteiger partial charge is 0.293 e. The van der Waals surface area contributed by atoms with Gasteiger partial charge in [0.1, 0.15) is 5.69 Å². The lowest BCUT2D eigenvalue weighted by Gasteiger charge is -2.43. The quantitative estimate of drug-likeness (QED) is 0.0469. The summed E-state index contributed by atoms with van der Waals surface area (Å²) in [6.07, 6.45) is 7.63. The summed E-state index contributed by atoms with van der Waals surface area (Å²) in [5.74, 6) is -0.149. The number of thioether (sulfide) groups is 1. The number of allylic oxidation sites excluding steroid dienone is 1. The van der Waals surface area contributed by atoms with E-state index in [1.165, 1.54) is 48.1 Å². The van der Waals surface area contributed by atoms with E-state index in [-0.39, 0.29) is 45.7 Å². The van der Waals surface area contributed by atoms with Gasteiger partial charge in [0.15, 0.2) is 0 Å². The lowest BCUT2D eigenvalue weighted by atomic mass is 9.71. The predicted molar refractivity (Wildman–Crippen MR) is 279 cm³/mol. The minimum atomic E-state index is -4.44. The molecule has 4 aromatic rings. The molecule has 17 heteroatoms. The van der Waals surface area contributed by atoms with Gasteiger partial charge in [0.2, 0.25) is 0 Å². The number of sulfonamides is 1. The molecule has 1 amide bonds. The Hall–Kier alpha value is -4.19. The highest BCUT2D eigenvalue weighted by molar-refractivity contribution is 7.99. The van der Waals surface area contributed by atoms with E-state index in [2.05, 4.69) is 61.1 Å². The molecule has 1 saturated carbocycles. The van der Waals surface area contributed by atoms with Crippen LogP contribution in [0.1, 0.15) is 67.8 Å². The Balaban J connectivity index is 0.00000684. The average Bonchev–Trinajstić information content (AvgIpc) is 3.30. The van der Waals surface area contributed by atoms with Crippen molar-refractivity contribution >= 4 is 74.3 Å². The summed E-state index contributed by atoms with van der Waals surface area (Å²) in [4.78, 5) is 35.8. The van der Waals surface area contributed by atoms with Gasteiger partial charge in [0.25, 0.3) is 21.6 Å². The molecule has 0 bridgehead atoms. The number of nitro benzene ring substituents is 1. The van der Waals surface area contributed by atoms with E-state index in [0.29, 0.717) is 11.8 Å². The second-order valence-corrected chi connectivity index (χ2v) is 22.3. The van der Waals surface area contributed by atoms with Crippen LogP contribution in [-0.2, 0) is 10.0 Å². The molecule has 2 heterocycles. The monoisotopic (exact) mass is 1000 g/mol. The first-order chi connectivity index (χ1) is 32.3. The number of hydrogen-bond acceptors (Lipinski definition) is 12. The third-order valence-corrected chi connectivity index (χ3v) is 16.9. The summed E-state index contributed by atoms with van der Waals surface area (Å²) in [6, 6.07) is 29.5. The molecule has 4 aliphatic rings. The first kappa shape index (κ1) is 51.7. The molecular formula is C51H66Cl2N8O5S2. The summed E-state index contributed by atoms with van der Waals surface area (Å²) in [7, 11) is -2.32. The molecule has 2 atom stereocenters. The SMILES string of the molecule is CN(CC[C@H](CSc1ccccc1)Nc1ccc(S(=O)(=O)NC(=O)c2ccc(N3CCN(CC4=C(c5ccc(Cl)cc5)CCC(C)(CN5CCNCC5)C4)CC3)cc2)cc1[N+](=O)[O-])C1CCC1.Cl. The lowest BCUT2D eigenvalue weighted by Crippen LogP contribution is -2.49. The number of benzene rings is 4. The Morgan fingerprint density at radius 2 is 1.66 bits per heavy atom. The van der Waals surface area contributed by atoms with Gasteiger partial charge in [-0.2, -0.15) is 0 Å². The molecule has 0 aromatic heterocycles. The van der Waals surface area contributed by atoms with E-state index >= 15 is 0 Å². The number of nitrogens with zero attached hydrogens (tertiary/aromatic N) is 5. The van der Waals surface area contributed by atoms with Gasteiger partial charge in [0.05, 0.1) is 9.82 Å². The van der Waals surface area contributed by atoms with Gasteiger partial charge in [0, 0.05) is 117 Å². The summed E-state index contributed by atoms with van der Waals surface area (Å²) >= 11 is 7.97. The Bertz CT molecular complexity index is 2470. The Labute approximate surface area is 418 Å². The van der Waals surface area contributed by atoms with Gasteiger partial charge in [-0.3, -0.25) is 19.8 Å². The number of nitrogens with one attached hydrogen (secondary N) is 3. The fraction of sp³-hybridized carbons (Fsp3) is 0.471. The molecule has 0 radical (unpaired) electrons. The predicted octanol–water partition coefficient (Wildman–Crippen LogP) is 8.91. The zero-order valence-electron chi connectivity index (χ0n) is 39.2. The molecule has 3 fully saturated rings. The van der Waals surface area contributed by atoms with Crippen LogP contribution in [0.2, 0.25) is 5.02 Å². The number of nitro groups is 1. The van der Waals surface area contributed by atoms with Crippen LogP contribution >= 0.6 is 35.8 Å². The van der Waals surface area contributed by atoms with E-state index < -0.39 is 20.9 Å². The Morgan fingerprint density at radius 1 is 0.956 bits per heavy atom. The van der Waals surface area contributed by atoms with Crippen molar-refractivity contribution in [1.82, 2.24) is 24.7 Å². The number of halogens is 2. The number of amides is 1. The number of hydrogen-bond donors (Lipinski definition) is 3. The van der Waals surface area contributed by atoms with Crippen molar-refractivity contribution in [1.29, 1.82) is 0 Å². The lowest BCUT2D eigenvalue weighted by molar-refractivity contribution is -0.384. The average molecular weight is 1010 g/mol. The van der Waals surface area contributed by atoms with Crippen molar-refractivity contribution in [3.8, 4) is 0 Å². The van der Waals surface area contributed by atoms with Gasteiger partial charge in [-0.15, -0.1) is 24.2 Å². The molecule has 13 nitrogen and oxygen atoms in total. The van der Waals surface area contributed by atoms with E-state index in [9.17, 15) is 23.3 Å². The largest absolute Gasteiger partial charge is 0.376 e. The highest BCUT2D eigenvalue weighted by Gasteiger charge is 2.35. The summed E-state index contributed by atoms with van der Waals surface area (Å²) in [5, 5.41) is 20.0. The van der Waals surface area contributed by atoms with Crippen LogP contribution in [0.4, 0.5) is 17.1 Å². The molecule has 2 saturated heterocycles. The number of rotatable bonds is 19. The minimum Gasteiger partial charge on any atom is -0.376 e. The van der Waals surface area contributed by atoms with E-state index in [0.717, 1.165) is 119 Å². The second kappa shape index (κ2) is 23.6. The van der Waals surface area contributed by atoms with E-state index in [1.807, 2.05) is 54.6 Å². The maximum Gasteiger partial charge on any atom is 0.293 e. The number of carbonyl (C=O) groups is 1. The van der Waals surface area contributed by atoms with Crippen molar-refractivity contribution < 1.29 is 18.1 Å². The molecule has 2 aliphatic heterocycles. The molecule has 3 N–H and O–H groups in total. The van der Waals surface area contributed by atoms with Gasteiger partial charge in [-0.1, -0.05) is 60.9 Å². The molecule has 68 heavy (non-hydrogen) atoms. The topological polar surface area (TPSA) is 143 Å². The van der Waals surface area contributed by atoms with Crippen LogP contribution in [-0.4, -0.2) is 131 Å². The summed E-state index contributed by atoms with van der Waals surface area (Å²) in [6.45, 7) is 13.0. The maximum atomic E-state index is 13.6. The van der Waals surface area contributed by atoms with Crippen LogP contribution in [0.15, 0.2) is 112 Å². The Morgan fingerprint density at radius 3 is 2.32 bits per heavy atom. The second-order valence-electron chi connectivity index (χ2n) is 19.1. The number of carbonyl (C=O) groups excluding carboxylic acids is 1. The van der Waals surface area contributed by atoms with Crippen LogP contribution < -0.4 is 20.3 Å². The first-order valence-electron chi connectivity index (χ1n) is 23.8. The summed E-state index contributed by atoms with van der Waals surface area (Å²) in [5.41, 5.74) is 5.45. The standard InChI is InChI=1S/C51H65ClN8O5S2.ClH/c1-51(37-58-27-24-53-25-28-58)23-21-47(38-11-15-41(52)16-12-38)40(34-51)35-57-29-31-59(32-30-57)44-17-13-39(14-18-44)50(61)55-67(64,65)46-19-20-48(49(33-46)60(62)63)54-42(22-26-56(2)43-7-6-8-43)36-66-45-9-4-3-5-10-45;/h3-5,9-20,33,42-43,53-54H,6-8,21-32,34-37H2,1-2H3,(H,55,61);1H/t42-,51?;/m1./s1. The van der Waals surface area contributed by atoms with Crippen LogP contribution in [0.3, 0.4) is 0 Å². The van der Waals surface area contributed by atoms with Gasteiger partial charge in [-0.25, -0.2) is 13.1 Å². The molecule has 4 aromatic carbocycles. The number of anilines is 2. The van der Waals surface area contributed by atoms with E-state index in [1.54, 1.807) is 23.9 Å². The summed E-state index contributed by atoms with van der Waals surface area (Å²) < 4.78 is 29.3. The highest BCUT2D eigenvalue weighted by Crippen LogP contribution is 2.44. The molecular weight excluding hydrogens is 940 g/mol. The van der Waals surface area contributed by atoms with E-state index in [4.69, 9.17) is 11.6 Å². The number of piperazine rings is 2. The minimum absolute atomic E-state index is 0. The van der Waals surface area contributed by atoms with Crippen molar-refractivity contribution in [3.05, 3.63) is 129 Å². The van der Waals surface area contributed by atoms with Crippen molar-refractivity contribution in [2.75, 3.05) is 95.0 Å². The molecule has 366 valence electrons. The maximum absolute atomic E-state index is 13.6. The third-order valence-electron chi connectivity index (χ3n) is 14.1. The molecule has 2 aliphatic carbocycles. The zero-order valence-corrected chi connectivity index (χ0v) is 42.4. The molecule has 0 spiro atoms. The normalized spacial score (nSPS) is 20.1. The molecule has 1 unspecified atom stereocenters.